The van der Waals surface area contributed by atoms with E-state index in [9.17, 15) is 9.18 Å². The molecule has 2 aromatic carbocycles. The van der Waals surface area contributed by atoms with E-state index in [4.69, 9.17) is 21.2 Å². The van der Waals surface area contributed by atoms with Crippen molar-refractivity contribution in [3.05, 3.63) is 64.4 Å². The molecule has 0 aliphatic rings. The second-order valence-corrected chi connectivity index (χ2v) is 4.91. The quantitative estimate of drug-likeness (QED) is 0.788. The zero-order chi connectivity index (χ0) is 16.1. The summed E-state index contributed by atoms with van der Waals surface area (Å²) in [7, 11) is 2.91. The summed E-state index contributed by atoms with van der Waals surface area (Å²) in [6, 6.07) is 11.0. The van der Waals surface area contributed by atoms with Crippen LogP contribution in [0.25, 0.3) is 0 Å². The molecular weight excluding hydrogens is 309 g/mol. The van der Waals surface area contributed by atoms with Crippen molar-refractivity contribution in [2.45, 2.75) is 6.61 Å². The molecule has 0 radical (unpaired) electrons. The van der Waals surface area contributed by atoms with E-state index in [2.05, 4.69) is 0 Å². The fourth-order valence-electron chi connectivity index (χ4n) is 1.81. The predicted octanol–water partition coefficient (Wildman–Crippen LogP) is 3.69. The number of carbonyl (C=O) groups is 1. The van der Waals surface area contributed by atoms with E-state index in [1.165, 1.54) is 26.3 Å². The molecule has 0 aliphatic carbocycles. The molecule has 0 aliphatic heterocycles. The van der Waals surface area contributed by atoms with Gasteiger partial charge in [0.2, 0.25) is 0 Å². The molecular formula is C16H15ClFNO3. The Balaban J connectivity index is 2.13. The van der Waals surface area contributed by atoms with Crippen LogP contribution in [0.5, 0.6) is 5.75 Å². The topological polar surface area (TPSA) is 38.8 Å². The van der Waals surface area contributed by atoms with Crippen LogP contribution < -0.4 is 4.74 Å². The normalized spacial score (nSPS) is 10.4. The molecule has 0 fully saturated rings. The first kappa shape index (κ1) is 16.3. The number of carbonyl (C=O) groups excluding carboxylic acids is 1. The lowest BCUT2D eigenvalue weighted by molar-refractivity contribution is -0.0757. The van der Waals surface area contributed by atoms with Gasteiger partial charge in [-0.05, 0) is 30.3 Å². The average molecular weight is 324 g/mol. The van der Waals surface area contributed by atoms with Gasteiger partial charge in [-0.15, -0.1) is 0 Å². The number of ether oxygens (including phenoxy) is 1. The Bertz CT molecular complexity index is 658. The molecule has 0 saturated heterocycles. The third kappa shape index (κ3) is 3.75. The van der Waals surface area contributed by atoms with Crippen LogP contribution in [0.15, 0.2) is 42.5 Å². The number of halogens is 2. The van der Waals surface area contributed by atoms with Crippen molar-refractivity contribution in [1.29, 1.82) is 0 Å². The van der Waals surface area contributed by atoms with Crippen molar-refractivity contribution in [3.8, 4) is 5.75 Å². The lowest BCUT2D eigenvalue weighted by Crippen LogP contribution is -2.25. The number of hydrogen-bond donors (Lipinski definition) is 0. The van der Waals surface area contributed by atoms with Crippen molar-refractivity contribution in [2.75, 3.05) is 14.2 Å². The highest BCUT2D eigenvalue weighted by Gasteiger charge is 2.12. The highest BCUT2D eigenvalue weighted by atomic mass is 35.5. The lowest BCUT2D eigenvalue weighted by atomic mass is 10.2. The maximum Gasteiger partial charge on any atom is 0.277 e. The third-order valence-corrected chi connectivity index (χ3v) is 3.44. The minimum absolute atomic E-state index is 0.0245. The van der Waals surface area contributed by atoms with Crippen molar-refractivity contribution in [2.24, 2.45) is 0 Å². The maximum absolute atomic E-state index is 13.7. The molecule has 2 aromatic rings. The number of benzene rings is 2. The van der Waals surface area contributed by atoms with Crippen LogP contribution in [0, 0.1) is 5.82 Å². The van der Waals surface area contributed by atoms with Crippen LogP contribution in [0.1, 0.15) is 15.9 Å². The van der Waals surface area contributed by atoms with E-state index < -0.39 is 5.82 Å². The minimum Gasteiger partial charge on any atom is -0.489 e. The van der Waals surface area contributed by atoms with Crippen molar-refractivity contribution < 1.29 is 18.8 Å². The van der Waals surface area contributed by atoms with Gasteiger partial charge in [0, 0.05) is 18.2 Å². The van der Waals surface area contributed by atoms with Gasteiger partial charge in [0.05, 0.1) is 12.1 Å². The number of nitrogens with zero attached hydrogens (tertiary/aromatic N) is 1. The summed E-state index contributed by atoms with van der Waals surface area (Å²) in [5, 5.41) is 1.40. The van der Waals surface area contributed by atoms with Gasteiger partial charge in [0.1, 0.15) is 18.2 Å². The Morgan fingerprint density at radius 2 is 2.00 bits per heavy atom. The fourth-order valence-corrected chi connectivity index (χ4v) is 2.03. The van der Waals surface area contributed by atoms with Gasteiger partial charge in [0.15, 0.2) is 0 Å². The Labute approximate surface area is 133 Å². The number of rotatable bonds is 5. The van der Waals surface area contributed by atoms with Gasteiger partial charge in [-0.2, -0.15) is 0 Å². The molecule has 2 rings (SSSR count). The molecule has 0 bridgehead atoms. The molecule has 0 N–H and O–H groups in total. The summed E-state index contributed by atoms with van der Waals surface area (Å²) in [5.41, 5.74) is 0.677. The Morgan fingerprint density at radius 3 is 2.68 bits per heavy atom. The molecule has 116 valence electrons. The van der Waals surface area contributed by atoms with E-state index in [1.807, 2.05) is 0 Å². The van der Waals surface area contributed by atoms with Gasteiger partial charge in [-0.3, -0.25) is 9.63 Å². The van der Waals surface area contributed by atoms with Crippen LogP contribution in [0.2, 0.25) is 5.02 Å². The molecule has 0 atom stereocenters. The molecule has 1 amide bonds. The number of amides is 1. The summed E-state index contributed by atoms with van der Waals surface area (Å²) in [5.74, 6) is -0.301. The molecule has 6 heteroatoms. The molecule has 0 spiro atoms. The first-order chi connectivity index (χ1) is 10.5. The fraction of sp³-hybridized carbons (Fsp3) is 0.188. The van der Waals surface area contributed by atoms with Crippen molar-refractivity contribution in [1.82, 2.24) is 5.06 Å². The second kappa shape index (κ2) is 7.24. The van der Waals surface area contributed by atoms with E-state index in [1.54, 1.807) is 30.3 Å². The predicted molar refractivity (Wildman–Crippen MR) is 81.3 cm³/mol. The minimum atomic E-state index is -0.432. The monoisotopic (exact) mass is 323 g/mol. The summed E-state index contributed by atoms with van der Waals surface area (Å²) in [6.45, 7) is -0.0245. The molecule has 0 saturated carbocycles. The third-order valence-electron chi connectivity index (χ3n) is 3.09. The van der Waals surface area contributed by atoms with Crippen molar-refractivity contribution >= 4 is 17.5 Å². The van der Waals surface area contributed by atoms with Gasteiger partial charge in [-0.1, -0.05) is 23.7 Å². The van der Waals surface area contributed by atoms with Gasteiger partial charge >= 0.3 is 0 Å². The molecule has 0 heterocycles. The number of hydroxylamine groups is 2. The van der Waals surface area contributed by atoms with E-state index in [0.717, 1.165) is 5.06 Å². The molecule has 4 nitrogen and oxygen atoms in total. The SMILES string of the molecule is CON(C)C(=O)c1cccc(OCc2c(F)cccc2Cl)c1. The van der Waals surface area contributed by atoms with E-state index in [0.29, 0.717) is 16.3 Å². The van der Waals surface area contributed by atoms with Gasteiger partial charge in [0.25, 0.3) is 5.91 Å². The van der Waals surface area contributed by atoms with Crippen LogP contribution >= 0.6 is 11.6 Å². The summed E-state index contributed by atoms with van der Waals surface area (Å²) < 4.78 is 19.2. The zero-order valence-electron chi connectivity index (χ0n) is 12.2. The van der Waals surface area contributed by atoms with Gasteiger partial charge in [-0.25, -0.2) is 9.45 Å². The van der Waals surface area contributed by atoms with Gasteiger partial charge < -0.3 is 4.74 Å². The number of hydrogen-bond acceptors (Lipinski definition) is 3. The highest BCUT2D eigenvalue weighted by molar-refractivity contribution is 6.31. The van der Waals surface area contributed by atoms with Crippen LogP contribution in [-0.2, 0) is 11.4 Å². The lowest BCUT2D eigenvalue weighted by Gasteiger charge is -2.14. The van der Waals surface area contributed by atoms with E-state index >= 15 is 0 Å². The first-order valence-corrected chi connectivity index (χ1v) is 6.88. The average Bonchev–Trinajstić information content (AvgIpc) is 2.53. The largest absolute Gasteiger partial charge is 0.489 e. The Morgan fingerprint density at radius 1 is 1.27 bits per heavy atom. The van der Waals surface area contributed by atoms with Crippen LogP contribution in [0.4, 0.5) is 4.39 Å². The maximum atomic E-state index is 13.7. The molecule has 0 aromatic heterocycles. The molecule has 0 unspecified atom stereocenters. The summed E-state index contributed by atoms with van der Waals surface area (Å²) >= 11 is 5.94. The summed E-state index contributed by atoms with van der Waals surface area (Å²) in [6.07, 6.45) is 0. The van der Waals surface area contributed by atoms with Crippen molar-refractivity contribution in [3.63, 3.8) is 0 Å². The highest BCUT2D eigenvalue weighted by Crippen LogP contribution is 2.22. The summed E-state index contributed by atoms with van der Waals surface area (Å²) in [4.78, 5) is 16.8. The van der Waals surface area contributed by atoms with E-state index in [-0.39, 0.29) is 18.1 Å². The standard InChI is InChI=1S/C16H15ClFNO3/c1-19(21-2)16(20)11-5-3-6-12(9-11)22-10-13-14(17)7-4-8-15(13)18/h3-9H,10H2,1-2H3. The Kier molecular flexibility index (Phi) is 5.35. The van der Waals surface area contributed by atoms with Crippen LogP contribution in [-0.4, -0.2) is 25.1 Å². The second-order valence-electron chi connectivity index (χ2n) is 4.50. The van der Waals surface area contributed by atoms with Crippen LogP contribution in [0.3, 0.4) is 0 Å². The first-order valence-electron chi connectivity index (χ1n) is 6.51. The zero-order valence-corrected chi connectivity index (χ0v) is 12.9. The smallest absolute Gasteiger partial charge is 0.277 e. The Hall–Kier alpha value is -2.11. The molecule has 22 heavy (non-hydrogen) atoms.